The minimum absolute atomic E-state index is 0.112. The quantitative estimate of drug-likeness (QED) is 0.875. The van der Waals surface area contributed by atoms with E-state index in [1.165, 1.54) is 0 Å². The van der Waals surface area contributed by atoms with Crippen molar-refractivity contribution in [2.45, 2.75) is 19.4 Å². The van der Waals surface area contributed by atoms with Gasteiger partial charge in [0.05, 0.1) is 11.6 Å². The fourth-order valence-electron chi connectivity index (χ4n) is 2.38. The van der Waals surface area contributed by atoms with Gasteiger partial charge in [0.15, 0.2) is 0 Å². The molecule has 1 heterocycles. The molecule has 2 rings (SSSR count). The number of hydrogen-bond acceptors (Lipinski definition) is 3. The second-order valence-electron chi connectivity index (χ2n) is 5.63. The largest absolute Gasteiger partial charge is 0.481 e. The van der Waals surface area contributed by atoms with E-state index in [1.54, 1.807) is 0 Å². The minimum Gasteiger partial charge on any atom is -0.481 e. The van der Waals surface area contributed by atoms with Gasteiger partial charge in [-0.05, 0) is 41.9 Å². The van der Waals surface area contributed by atoms with Crippen molar-refractivity contribution in [3.8, 4) is 0 Å². The zero-order chi connectivity index (χ0) is 14.0. The van der Waals surface area contributed by atoms with Crippen molar-refractivity contribution in [1.29, 1.82) is 0 Å². The third-order valence-electron chi connectivity index (χ3n) is 3.40. The molecule has 0 spiro atoms. The maximum Gasteiger partial charge on any atom is 0.309 e. The highest BCUT2D eigenvalue weighted by Gasteiger charge is 2.32. The average Bonchev–Trinajstić information content (AvgIpc) is 2.48. The van der Waals surface area contributed by atoms with Crippen LogP contribution in [0, 0.1) is 5.92 Å². The van der Waals surface area contributed by atoms with Crippen molar-refractivity contribution in [3.05, 3.63) is 28.7 Å². The molecule has 0 amide bonds. The van der Waals surface area contributed by atoms with Crippen LogP contribution in [0.3, 0.4) is 0 Å². The third kappa shape index (κ3) is 3.48. The Labute approximate surface area is 121 Å². The summed E-state index contributed by atoms with van der Waals surface area (Å²) in [6.07, 6.45) is 0. The first kappa shape index (κ1) is 14.3. The van der Waals surface area contributed by atoms with Crippen LogP contribution in [-0.2, 0) is 4.79 Å². The molecule has 1 aromatic carbocycles. The molecule has 0 saturated carbocycles. The fraction of sp³-hybridized carbons (Fsp3) is 0.500. The number of carboxylic acid groups (broad SMARTS) is 1. The molecule has 0 radical (unpaired) electrons. The van der Waals surface area contributed by atoms with E-state index < -0.39 is 11.9 Å². The molecule has 5 heteroatoms. The highest BCUT2D eigenvalue weighted by atomic mass is 79.9. The molecule has 0 aromatic heterocycles. The predicted octanol–water partition coefficient (Wildman–Crippen LogP) is 2.34. The molecule has 1 unspecified atom stereocenters. The van der Waals surface area contributed by atoms with Crippen LogP contribution in [0.5, 0.6) is 0 Å². The van der Waals surface area contributed by atoms with Gasteiger partial charge in [-0.2, -0.15) is 0 Å². The van der Waals surface area contributed by atoms with Crippen molar-refractivity contribution < 1.29 is 9.90 Å². The van der Waals surface area contributed by atoms with Gasteiger partial charge >= 0.3 is 5.97 Å². The van der Waals surface area contributed by atoms with Gasteiger partial charge in [0, 0.05) is 29.6 Å². The summed E-state index contributed by atoms with van der Waals surface area (Å²) in [5.41, 5.74) is 0.935. The van der Waals surface area contributed by atoms with Crippen LogP contribution in [0.1, 0.15) is 13.8 Å². The average molecular weight is 327 g/mol. The Hall–Kier alpha value is -1.07. The smallest absolute Gasteiger partial charge is 0.309 e. The number of anilines is 1. The van der Waals surface area contributed by atoms with Crippen LogP contribution in [0.25, 0.3) is 0 Å². The molecule has 1 aliphatic rings. The zero-order valence-corrected chi connectivity index (χ0v) is 12.8. The van der Waals surface area contributed by atoms with Gasteiger partial charge in [-0.3, -0.25) is 4.79 Å². The summed E-state index contributed by atoms with van der Waals surface area (Å²) in [5.74, 6) is -1.14. The van der Waals surface area contributed by atoms with E-state index in [4.69, 9.17) is 0 Å². The highest BCUT2D eigenvalue weighted by Crippen LogP contribution is 2.29. The Kier molecular flexibility index (Phi) is 4.16. The Morgan fingerprint density at radius 2 is 2.16 bits per heavy atom. The molecule has 0 bridgehead atoms. The molecule has 104 valence electrons. The second-order valence-corrected chi connectivity index (χ2v) is 6.49. The van der Waals surface area contributed by atoms with Crippen molar-refractivity contribution in [3.63, 3.8) is 0 Å². The van der Waals surface area contributed by atoms with E-state index in [-0.39, 0.29) is 5.54 Å². The Morgan fingerprint density at radius 3 is 2.79 bits per heavy atom. The monoisotopic (exact) mass is 326 g/mol. The van der Waals surface area contributed by atoms with Gasteiger partial charge in [-0.25, -0.2) is 0 Å². The lowest BCUT2D eigenvalue weighted by Gasteiger charge is -2.32. The lowest BCUT2D eigenvalue weighted by molar-refractivity contribution is -0.141. The SMILES string of the molecule is CC1(C)CN(c2ccccc2Br)CC(C(=O)O)CN1. The van der Waals surface area contributed by atoms with E-state index in [0.29, 0.717) is 13.1 Å². The van der Waals surface area contributed by atoms with Gasteiger partial charge in [-0.15, -0.1) is 0 Å². The predicted molar refractivity (Wildman–Crippen MR) is 79.6 cm³/mol. The summed E-state index contributed by atoms with van der Waals surface area (Å²) in [7, 11) is 0. The molecule has 19 heavy (non-hydrogen) atoms. The van der Waals surface area contributed by atoms with Gasteiger partial charge in [0.1, 0.15) is 0 Å². The maximum absolute atomic E-state index is 11.3. The fourth-order valence-corrected chi connectivity index (χ4v) is 2.92. The Bertz CT molecular complexity index is 476. The van der Waals surface area contributed by atoms with Crippen LogP contribution in [0.4, 0.5) is 5.69 Å². The number of nitrogens with one attached hydrogen (secondary N) is 1. The Balaban J connectivity index is 2.31. The highest BCUT2D eigenvalue weighted by molar-refractivity contribution is 9.10. The summed E-state index contributed by atoms with van der Waals surface area (Å²) >= 11 is 3.54. The third-order valence-corrected chi connectivity index (χ3v) is 4.07. The Morgan fingerprint density at radius 1 is 1.47 bits per heavy atom. The van der Waals surface area contributed by atoms with E-state index in [9.17, 15) is 9.90 Å². The molecule has 1 aliphatic heterocycles. The molecular formula is C14H19BrN2O2. The molecular weight excluding hydrogens is 308 g/mol. The number of carbonyl (C=O) groups is 1. The van der Waals surface area contributed by atoms with Crippen molar-refractivity contribution >= 4 is 27.6 Å². The number of hydrogen-bond donors (Lipinski definition) is 2. The van der Waals surface area contributed by atoms with Gasteiger partial charge in [0.2, 0.25) is 0 Å². The topological polar surface area (TPSA) is 52.6 Å². The molecule has 1 aromatic rings. The van der Waals surface area contributed by atoms with E-state index in [0.717, 1.165) is 16.7 Å². The summed E-state index contributed by atoms with van der Waals surface area (Å²) in [4.78, 5) is 13.4. The molecule has 1 fully saturated rings. The van der Waals surface area contributed by atoms with Crippen molar-refractivity contribution in [2.75, 3.05) is 24.5 Å². The van der Waals surface area contributed by atoms with Gasteiger partial charge < -0.3 is 15.3 Å². The van der Waals surface area contributed by atoms with Crippen LogP contribution >= 0.6 is 15.9 Å². The standard InChI is InChI=1S/C14H19BrN2O2/c1-14(2)9-17(8-10(7-16-14)13(18)19)12-6-4-3-5-11(12)15/h3-6,10,16H,7-9H2,1-2H3,(H,18,19). The summed E-state index contributed by atoms with van der Waals surface area (Å²) in [5, 5.41) is 12.6. The lowest BCUT2D eigenvalue weighted by atomic mass is 10.1. The number of nitrogens with zero attached hydrogens (tertiary/aromatic N) is 1. The minimum atomic E-state index is -0.748. The van der Waals surface area contributed by atoms with Crippen molar-refractivity contribution in [2.24, 2.45) is 5.92 Å². The molecule has 1 saturated heterocycles. The van der Waals surface area contributed by atoms with Crippen molar-refractivity contribution in [1.82, 2.24) is 5.32 Å². The first-order valence-corrected chi connectivity index (χ1v) is 7.16. The normalized spacial score (nSPS) is 22.9. The summed E-state index contributed by atoms with van der Waals surface area (Å²) < 4.78 is 0.997. The maximum atomic E-state index is 11.3. The molecule has 4 nitrogen and oxygen atoms in total. The number of aliphatic carboxylic acids is 1. The van der Waals surface area contributed by atoms with Gasteiger partial charge in [0.25, 0.3) is 0 Å². The molecule has 0 aliphatic carbocycles. The number of carboxylic acids is 1. The number of rotatable bonds is 2. The summed E-state index contributed by atoms with van der Waals surface area (Å²) in [6, 6.07) is 7.94. The van der Waals surface area contributed by atoms with E-state index in [1.807, 2.05) is 24.3 Å². The van der Waals surface area contributed by atoms with Crippen LogP contribution in [0.15, 0.2) is 28.7 Å². The number of para-hydroxylation sites is 1. The molecule has 2 N–H and O–H groups in total. The number of benzene rings is 1. The van der Waals surface area contributed by atoms with Crippen LogP contribution in [0.2, 0.25) is 0 Å². The lowest BCUT2D eigenvalue weighted by Crippen LogP contribution is -2.46. The van der Waals surface area contributed by atoms with Crippen LogP contribution in [-0.4, -0.2) is 36.2 Å². The zero-order valence-electron chi connectivity index (χ0n) is 11.2. The number of halogens is 1. The molecule has 1 atom stereocenters. The first-order chi connectivity index (χ1) is 8.89. The van der Waals surface area contributed by atoms with Crippen LogP contribution < -0.4 is 10.2 Å². The first-order valence-electron chi connectivity index (χ1n) is 6.36. The second kappa shape index (κ2) is 5.51. The van der Waals surface area contributed by atoms with Gasteiger partial charge in [-0.1, -0.05) is 12.1 Å². The van der Waals surface area contributed by atoms with E-state index >= 15 is 0 Å². The van der Waals surface area contributed by atoms with E-state index in [2.05, 4.69) is 40.0 Å². The summed E-state index contributed by atoms with van der Waals surface area (Å²) in [6.45, 7) is 6.00.